The fourth-order valence-corrected chi connectivity index (χ4v) is 4.01. The van der Waals surface area contributed by atoms with Crippen LogP contribution in [-0.4, -0.2) is 24.3 Å². The summed E-state index contributed by atoms with van der Waals surface area (Å²) in [6.45, 7) is 3.72. The maximum atomic E-state index is 12.7. The summed E-state index contributed by atoms with van der Waals surface area (Å²) in [5.74, 6) is -0.872. The van der Waals surface area contributed by atoms with Crippen molar-refractivity contribution in [3.8, 4) is 0 Å². The van der Waals surface area contributed by atoms with Crippen molar-refractivity contribution in [1.29, 1.82) is 0 Å². The Bertz CT molecular complexity index is 1150. The van der Waals surface area contributed by atoms with Crippen LogP contribution in [-0.2, 0) is 15.6 Å². The number of amides is 1. The quantitative estimate of drug-likeness (QED) is 0.637. The molecule has 0 saturated heterocycles. The van der Waals surface area contributed by atoms with Crippen LogP contribution in [0.3, 0.4) is 0 Å². The summed E-state index contributed by atoms with van der Waals surface area (Å²) in [7, 11) is -3.84. The molecule has 0 fully saturated rings. The van der Waals surface area contributed by atoms with Crippen LogP contribution in [0.2, 0.25) is 5.02 Å². The Hall–Kier alpha value is -2.77. The molecule has 0 aliphatic heterocycles. The lowest BCUT2D eigenvalue weighted by Crippen LogP contribution is -2.18. The van der Waals surface area contributed by atoms with Gasteiger partial charge in [0.1, 0.15) is 0 Å². The van der Waals surface area contributed by atoms with Crippen molar-refractivity contribution >= 4 is 33.0 Å². The number of aryl methyl sites for hydroxylation is 2. The van der Waals surface area contributed by atoms with E-state index < -0.39 is 20.9 Å². The van der Waals surface area contributed by atoms with Gasteiger partial charge in [-0.3, -0.25) is 4.79 Å². The maximum Gasteiger partial charge on any atom is 0.275 e. The molecule has 0 spiro atoms. The van der Waals surface area contributed by atoms with Gasteiger partial charge in [0.05, 0.1) is 17.0 Å². The second-order valence-electron chi connectivity index (χ2n) is 6.37. The van der Waals surface area contributed by atoms with Gasteiger partial charge < -0.3 is 5.32 Å². The molecule has 3 rings (SSSR count). The van der Waals surface area contributed by atoms with Gasteiger partial charge in [-0.2, -0.15) is 0 Å². The molecule has 8 heteroatoms. The fourth-order valence-electron chi connectivity index (χ4n) is 2.64. The van der Waals surface area contributed by atoms with Gasteiger partial charge in [-0.1, -0.05) is 59.6 Å². The zero-order valence-corrected chi connectivity index (χ0v) is 16.9. The Morgan fingerprint density at radius 3 is 2.57 bits per heavy atom. The van der Waals surface area contributed by atoms with Gasteiger partial charge in [0.25, 0.3) is 5.91 Å². The summed E-state index contributed by atoms with van der Waals surface area (Å²) in [6, 6.07) is 14.4. The van der Waals surface area contributed by atoms with Crippen molar-refractivity contribution in [2.45, 2.75) is 24.8 Å². The molecular formula is C20H18ClN3O3S. The van der Waals surface area contributed by atoms with E-state index in [1.54, 1.807) is 30.3 Å². The van der Waals surface area contributed by atoms with Crippen LogP contribution in [0.1, 0.15) is 27.2 Å². The molecule has 0 bridgehead atoms. The predicted octanol–water partition coefficient (Wildman–Crippen LogP) is 3.97. The summed E-state index contributed by atoms with van der Waals surface area (Å²) in [4.78, 5) is 20.4. The molecule has 28 heavy (non-hydrogen) atoms. The molecular weight excluding hydrogens is 398 g/mol. The zero-order chi connectivity index (χ0) is 20.3. The van der Waals surface area contributed by atoms with Gasteiger partial charge in [0, 0.05) is 5.69 Å². The number of halogens is 1. The minimum absolute atomic E-state index is 0.0272. The molecule has 1 amide bonds. The van der Waals surface area contributed by atoms with Gasteiger partial charge in [0.15, 0.2) is 5.69 Å². The Balaban J connectivity index is 1.90. The Kier molecular flexibility index (Phi) is 5.76. The number of sulfone groups is 1. The topological polar surface area (TPSA) is 89.0 Å². The SMILES string of the molecule is Cc1cccc(CS(=O)(=O)c2ncc(Cl)c(C(=O)Nc3ccccc3C)n2)c1. The predicted molar refractivity (Wildman–Crippen MR) is 108 cm³/mol. The van der Waals surface area contributed by atoms with E-state index in [-0.39, 0.29) is 16.5 Å². The molecule has 0 unspecified atom stereocenters. The van der Waals surface area contributed by atoms with Gasteiger partial charge >= 0.3 is 0 Å². The number of carbonyl (C=O) groups is 1. The molecule has 0 atom stereocenters. The van der Waals surface area contributed by atoms with Crippen LogP contribution >= 0.6 is 11.6 Å². The second-order valence-corrected chi connectivity index (χ2v) is 8.66. The Labute approximate surface area is 168 Å². The lowest BCUT2D eigenvalue weighted by Gasteiger charge is -2.10. The molecule has 1 aromatic heterocycles. The maximum absolute atomic E-state index is 12.7. The molecule has 1 heterocycles. The van der Waals surface area contributed by atoms with Crippen molar-refractivity contribution in [3.63, 3.8) is 0 Å². The third kappa shape index (κ3) is 4.55. The van der Waals surface area contributed by atoms with Crippen molar-refractivity contribution in [3.05, 3.63) is 82.1 Å². The van der Waals surface area contributed by atoms with E-state index in [1.165, 1.54) is 0 Å². The summed E-state index contributed by atoms with van der Waals surface area (Å²) in [5.41, 5.74) is 2.81. The summed E-state index contributed by atoms with van der Waals surface area (Å²) < 4.78 is 25.4. The van der Waals surface area contributed by atoms with E-state index in [1.807, 2.05) is 32.0 Å². The Morgan fingerprint density at radius 1 is 1.11 bits per heavy atom. The standard InChI is InChI=1S/C20H18ClN3O3S/c1-13-6-5-8-15(10-13)12-28(26,27)20-22-11-16(21)18(24-20)19(25)23-17-9-4-3-7-14(17)2/h3-11H,12H2,1-2H3,(H,23,25). The van der Waals surface area contributed by atoms with Crippen LogP contribution in [0.5, 0.6) is 0 Å². The first-order valence-corrected chi connectivity index (χ1v) is 10.5. The lowest BCUT2D eigenvalue weighted by atomic mass is 10.2. The zero-order valence-electron chi connectivity index (χ0n) is 15.3. The molecule has 144 valence electrons. The minimum atomic E-state index is -3.84. The smallest absolute Gasteiger partial charge is 0.275 e. The van der Waals surface area contributed by atoms with Crippen LogP contribution in [0.4, 0.5) is 5.69 Å². The average molecular weight is 416 g/mol. The van der Waals surface area contributed by atoms with Gasteiger partial charge in [0.2, 0.25) is 15.0 Å². The van der Waals surface area contributed by atoms with E-state index >= 15 is 0 Å². The average Bonchev–Trinajstić information content (AvgIpc) is 2.63. The third-order valence-corrected chi connectivity index (χ3v) is 5.79. The van der Waals surface area contributed by atoms with Gasteiger partial charge in [-0.25, -0.2) is 18.4 Å². The number of nitrogens with one attached hydrogen (secondary N) is 1. The highest BCUT2D eigenvalue weighted by Crippen LogP contribution is 2.20. The molecule has 1 N–H and O–H groups in total. The summed E-state index contributed by atoms with van der Waals surface area (Å²) in [6.07, 6.45) is 1.13. The normalized spacial score (nSPS) is 11.2. The van der Waals surface area contributed by atoms with Crippen LogP contribution in [0.15, 0.2) is 59.9 Å². The number of rotatable bonds is 5. The van der Waals surface area contributed by atoms with Crippen LogP contribution in [0.25, 0.3) is 0 Å². The van der Waals surface area contributed by atoms with E-state index in [9.17, 15) is 13.2 Å². The second kappa shape index (κ2) is 8.08. The summed E-state index contributed by atoms with van der Waals surface area (Å²) >= 11 is 6.05. The molecule has 2 aromatic carbocycles. The van der Waals surface area contributed by atoms with Crippen LogP contribution in [0, 0.1) is 13.8 Å². The number of benzene rings is 2. The number of para-hydroxylation sites is 1. The largest absolute Gasteiger partial charge is 0.320 e. The molecule has 0 aliphatic carbocycles. The highest BCUT2D eigenvalue weighted by atomic mass is 35.5. The lowest BCUT2D eigenvalue weighted by molar-refractivity contribution is 0.102. The summed E-state index contributed by atoms with van der Waals surface area (Å²) in [5, 5.41) is 2.23. The van der Waals surface area contributed by atoms with Crippen molar-refractivity contribution in [1.82, 2.24) is 9.97 Å². The molecule has 0 aliphatic rings. The van der Waals surface area contributed by atoms with E-state index in [0.717, 1.165) is 17.3 Å². The highest BCUT2D eigenvalue weighted by molar-refractivity contribution is 7.90. The highest BCUT2D eigenvalue weighted by Gasteiger charge is 2.23. The molecule has 6 nitrogen and oxygen atoms in total. The Morgan fingerprint density at radius 2 is 1.86 bits per heavy atom. The monoisotopic (exact) mass is 415 g/mol. The number of anilines is 1. The number of carbonyl (C=O) groups excluding carboxylic acids is 1. The van der Waals surface area contributed by atoms with Gasteiger partial charge in [-0.05, 0) is 31.0 Å². The first kappa shape index (κ1) is 20.0. The fraction of sp³-hybridized carbons (Fsp3) is 0.150. The number of aromatic nitrogens is 2. The van der Waals surface area contributed by atoms with E-state index in [2.05, 4.69) is 15.3 Å². The molecule has 0 saturated carbocycles. The number of hydrogen-bond acceptors (Lipinski definition) is 5. The van der Waals surface area contributed by atoms with Crippen molar-refractivity contribution < 1.29 is 13.2 Å². The number of nitrogens with zero attached hydrogens (tertiary/aromatic N) is 2. The van der Waals surface area contributed by atoms with Crippen molar-refractivity contribution in [2.24, 2.45) is 0 Å². The van der Waals surface area contributed by atoms with E-state index in [0.29, 0.717) is 11.3 Å². The van der Waals surface area contributed by atoms with Crippen LogP contribution < -0.4 is 5.32 Å². The minimum Gasteiger partial charge on any atom is -0.320 e. The number of hydrogen-bond donors (Lipinski definition) is 1. The van der Waals surface area contributed by atoms with Gasteiger partial charge in [-0.15, -0.1) is 0 Å². The van der Waals surface area contributed by atoms with Crippen molar-refractivity contribution in [2.75, 3.05) is 5.32 Å². The first-order valence-electron chi connectivity index (χ1n) is 8.44. The molecule has 0 radical (unpaired) electrons. The first-order chi connectivity index (χ1) is 13.3. The van der Waals surface area contributed by atoms with E-state index in [4.69, 9.17) is 11.6 Å². The third-order valence-electron chi connectivity index (χ3n) is 4.05. The molecule has 3 aromatic rings.